The molecule has 1 N–H and O–H groups in total. The van der Waals surface area contributed by atoms with Crippen molar-refractivity contribution >= 4 is 11.6 Å². The highest BCUT2D eigenvalue weighted by Crippen LogP contribution is 2.24. The highest BCUT2D eigenvalue weighted by Gasteiger charge is 2.19. The summed E-state index contributed by atoms with van der Waals surface area (Å²) in [4.78, 5) is 0. The van der Waals surface area contributed by atoms with Crippen LogP contribution >= 0.6 is 11.6 Å². The Kier molecular flexibility index (Phi) is 12.8. The van der Waals surface area contributed by atoms with Crippen molar-refractivity contribution in [3.8, 4) is 0 Å². The van der Waals surface area contributed by atoms with Crippen LogP contribution in [-0.2, 0) is 0 Å². The van der Waals surface area contributed by atoms with Gasteiger partial charge < -0.3 is 5.11 Å². The first-order chi connectivity index (χ1) is 10.3. The van der Waals surface area contributed by atoms with Crippen LogP contribution < -0.4 is 0 Å². The van der Waals surface area contributed by atoms with Gasteiger partial charge in [-0.2, -0.15) is 0 Å². The molecule has 0 radical (unpaired) electrons. The molecule has 0 fully saturated rings. The van der Waals surface area contributed by atoms with E-state index in [9.17, 15) is 5.11 Å². The van der Waals surface area contributed by atoms with Gasteiger partial charge in [-0.15, -0.1) is 11.6 Å². The summed E-state index contributed by atoms with van der Waals surface area (Å²) in [5.74, 6) is 3.07. The molecule has 0 aliphatic heterocycles. The van der Waals surface area contributed by atoms with Gasteiger partial charge in [-0.05, 0) is 37.5 Å². The molecule has 0 spiro atoms. The summed E-state index contributed by atoms with van der Waals surface area (Å²) in [5, 5.41) is 10.1. The molecule has 0 amide bonds. The van der Waals surface area contributed by atoms with Crippen molar-refractivity contribution in [1.29, 1.82) is 0 Å². The zero-order valence-corrected chi connectivity index (χ0v) is 16.6. The molecule has 0 aliphatic carbocycles. The fraction of sp³-hybridized carbons (Fsp3) is 1.00. The highest BCUT2D eigenvalue weighted by atomic mass is 35.5. The largest absolute Gasteiger partial charge is 0.390 e. The van der Waals surface area contributed by atoms with Crippen LogP contribution in [0.3, 0.4) is 0 Å². The van der Waals surface area contributed by atoms with Crippen LogP contribution in [0.15, 0.2) is 0 Å². The second kappa shape index (κ2) is 12.6. The minimum Gasteiger partial charge on any atom is -0.390 e. The molecule has 0 heterocycles. The van der Waals surface area contributed by atoms with Gasteiger partial charge in [0.15, 0.2) is 0 Å². The topological polar surface area (TPSA) is 20.2 Å². The highest BCUT2D eigenvalue weighted by molar-refractivity contribution is 6.17. The number of hydrogen-bond acceptors (Lipinski definition) is 1. The van der Waals surface area contributed by atoms with Crippen molar-refractivity contribution in [2.75, 3.05) is 5.88 Å². The van der Waals surface area contributed by atoms with Crippen molar-refractivity contribution in [2.24, 2.45) is 17.8 Å². The Morgan fingerprint density at radius 1 is 0.773 bits per heavy atom. The van der Waals surface area contributed by atoms with Crippen LogP contribution in [-0.4, -0.2) is 16.6 Å². The number of rotatable bonds is 14. The van der Waals surface area contributed by atoms with E-state index >= 15 is 0 Å². The molecular formula is C20H41ClO. The van der Waals surface area contributed by atoms with E-state index in [0.717, 1.165) is 30.6 Å². The number of alkyl halides is 1. The fourth-order valence-electron chi connectivity index (χ4n) is 3.14. The summed E-state index contributed by atoms with van der Waals surface area (Å²) in [6, 6.07) is 0. The summed E-state index contributed by atoms with van der Waals surface area (Å²) in [6.07, 6.45) is 12.2. The van der Waals surface area contributed by atoms with E-state index in [1.54, 1.807) is 0 Å². The summed E-state index contributed by atoms with van der Waals surface area (Å²) in [6.45, 7) is 11.3. The Morgan fingerprint density at radius 2 is 1.23 bits per heavy atom. The number of halogens is 1. The number of aliphatic hydroxyl groups is 1. The molecule has 134 valence electrons. The molecule has 3 unspecified atom stereocenters. The zero-order valence-electron chi connectivity index (χ0n) is 15.8. The van der Waals surface area contributed by atoms with Crippen LogP contribution in [0.1, 0.15) is 98.8 Å². The average molecular weight is 333 g/mol. The number of hydrogen-bond donors (Lipinski definition) is 1. The Hall–Kier alpha value is 0.250. The van der Waals surface area contributed by atoms with E-state index in [2.05, 4.69) is 27.7 Å². The second-order valence-electron chi connectivity index (χ2n) is 8.29. The minimum absolute atomic E-state index is 0.553. The Labute approximate surface area is 145 Å². The van der Waals surface area contributed by atoms with E-state index in [1.807, 2.05) is 6.92 Å². The summed E-state index contributed by atoms with van der Waals surface area (Å²) < 4.78 is 0. The summed E-state index contributed by atoms with van der Waals surface area (Å²) in [7, 11) is 0. The molecule has 3 atom stereocenters. The molecule has 0 saturated heterocycles. The van der Waals surface area contributed by atoms with Gasteiger partial charge in [0.25, 0.3) is 0 Å². The third-order valence-electron chi connectivity index (χ3n) is 4.92. The van der Waals surface area contributed by atoms with Gasteiger partial charge in [0.1, 0.15) is 0 Å². The Morgan fingerprint density at radius 3 is 1.68 bits per heavy atom. The maximum atomic E-state index is 10.1. The van der Waals surface area contributed by atoms with Gasteiger partial charge in [-0.3, -0.25) is 0 Å². The van der Waals surface area contributed by atoms with Crippen molar-refractivity contribution < 1.29 is 5.11 Å². The van der Waals surface area contributed by atoms with Crippen molar-refractivity contribution in [3.63, 3.8) is 0 Å². The van der Waals surface area contributed by atoms with Crippen molar-refractivity contribution in [3.05, 3.63) is 0 Å². The Balaban J connectivity index is 3.58. The summed E-state index contributed by atoms with van der Waals surface area (Å²) >= 11 is 5.72. The van der Waals surface area contributed by atoms with Crippen LogP contribution in [0.2, 0.25) is 0 Å². The first-order valence-corrected chi connectivity index (χ1v) is 10.1. The predicted molar refractivity (Wildman–Crippen MR) is 101 cm³/mol. The van der Waals surface area contributed by atoms with Crippen LogP contribution in [0.5, 0.6) is 0 Å². The van der Waals surface area contributed by atoms with Crippen LogP contribution in [0, 0.1) is 17.8 Å². The van der Waals surface area contributed by atoms with E-state index in [1.165, 1.54) is 44.9 Å². The summed E-state index contributed by atoms with van der Waals surface area (Å²) in [5.41, 5.74) is -0.563. The van der Waals surface area contributed by atoms with E-state index in [4.69, 9.17) is 11.6 Å². The second-order valence-corrected chi connectivity index (χ2v) is 8.67. The monoisotopic (exact) mass is 332 g/mol. The van der Waals surface area contributed by atoms with Crippen LogP contribution in [0.25, 0.3) is 0 Å². The lowest BCUT2D eigenvalue weighted by Crippen LogP contribution is -2.24. The maximum absolute atomic E-state index is 10.1. The lowest BCUT2D eigenvalue weighted by molar-refractivity contribution is 0.0441. The van der Waals surface area contributed by atoms with Gasteiger partial charge >= 0.3 is 0 Å². The van der Waals surface area contributed by atoms with Gasteiger partial charge in [-0.25, -0.2) is 0 Å². The first-order valence-electron chi connectivity index (χ1n) is 9.55. The molecule has 0 aromatic heterocycles. The molecule has 0 bridgehead atoms. The standard InChI is InChI=1S/C20H41ClO/c1-17(2)9-6-10-18(3)11-7-12-19(4)13-8-14-20(5,22)15-16-21/h17-19,22H,6-16H2,1-5H3. The molecule has 0 aromatic carbocycles. The third kappa shape index (κ3) is 13.9. The van der Waals surface area contributed by atoms with Gasteiger partial charge in [0, 0.05) is 5.88 Å². The average Bonchev–Trinajstić information content (AvgIpc) is 2.37. The molecule has 0 aliphatic rings. The molecular weight excluding hydrogens is 292 g/mol. The molecule has 1 nitrogen and oxygen atoms in total. The van der Waals surface area contributed by atoms with Gasteiger partial charge in [-0.1, -0.05) is 79.1 Å². The molecule has 0 aromatic rings. The van der Waals surface area contributed by atoms with E-state index < -0.39 is 5.60 Å². The lowest BCUT2D eigenvalue weighted by Gasteiger charge is -2.23. The van der Waals surface area contributed by atoms with Crippen molar-refractivity contribution in [2.45, 2.75) is 104 Å². The van der Waals surface area contributed by atoms with E-state index in [-0.39, 0.29) is 0 Å². The van der Waals surface area contributed by atoms with Crippen molar-refractivity contribution in [1.82, 2.24) is 0 Å². The lowest BCUT2D eigenvalue weighted by atomic mass is 9.90. The quantitative estimate of drug-likeness (QED) is 0.346. The van der Waals surface area contributed by atoms with Gasteiger partial charge in [0.2, 0.25) is 0 Å². The fourth-order valence-corrected chi connectivity index (χ4v) is 3.55. The molecule has 22 heavy (non-hydrogen) atoms. The zero-order chi connectivity index (χ0) is 17.0. The Bertz CT molecular complexity index is 250. The smallest absolute Gasteiger partial charge is 0.0631 e. The minimum atomic E-state index is -0.563. The van der Waals surface area contributed by atoms with Crippen LogP contribution in [0.4, 0.5) is 0 Å². The maximum Gasteiger partial charge on any atom is 0.0631 e. The molecule has 0 rings (SSSR count). The SMILES string of the molecule is CC(C)CCCC(C)CCCC(C)CCCC(C)(O)CCCl. The first kappa shape index (κ1) is 22.2. The normalized spacial score (nSPS) is 17.5. The molecule has 2 heteroatoms. The van der Waals surface area contributed by atoms with Gasteiger partial charge in [0.05, 0.1) is 5.60 Å². The predicted octanol–water partition coefficient (Wildman–Crippen LogP) is 6.81. The molecule has 0 saturated carbocycles. The third-order valence-corrected chi connectivity index (χ3v) is 5.11. The van der Waals surface area contributed by atoms with E-state index in [0.29, 0.717) is 12.3 Å².